The molecule has 6 nitrogen and oxygen atoms in total. The van der Waals surface area contributed by atoms with Crippen LogP contribution in [0.4, 0.5) is 0 Å². The first-order valence-corrected chi connectivity index (χ1v) is 6.63. The maximum absolute atomic E-state index is 11.4. The second-order valence-electron chi connectivity index (χ2n) is 4.30. The fourth-order valence-electron chi connectivity index (χ4n) is 2.22. The third-order valence-electron chi connectivity index (χ3n) is 3.03. The smallest absolute Gasteiger partial charge is 0.359 e. The van der Waals surface area contributed by atoms with Crippen LogP contribution in [0, 0.1) is 17.4 Å². The summed E-state index contributed by atoms with van der Waals surface area (Å²) in [6.07, 6.45) is 0. The largest absolute Gasteiger partial charge is 0.423 e. The monoisotopic (exact) mass is 371 g/mol. The normalized spacial score (nSPS) is 11.3. The Morgan fingerprint density at radius 2 is 2.16 bits per heavy atom. The zero-order valence-electron chi connectivity index (χ0n) is 10.2. The quantitative estimate of drug-likeness (QED) is 0.509. The van der Waals surface area contributed by atoms with E-state index in [1.807, 2.05) is 19.9 Å². The summed E-state index contributed by atoms with van der Waals surface area (Å²) in [6, 6.07) is 3.69. The van der Waals surface area contributed by atoms with Crippen LogP contribution < -0.4 is 5.69 Å². The number of aromatic nitrogens is 3. The fraction of sp³-hybridized carbons (Fsp3) is 0.167. The predicted molar refractivity (Wildman–Crippen MR) is 77.4 cm³/mol. The molecule has 2 heterocycles. The number of aryl methyl sites for hydroxylation is 2. The average Bonchev–Trinajstić information content (AvgIpc) is 2.81. The summed E-state index contributed by atoms with van der Waals surface area (Å²) >= 11 is 2.08. The van der Waals surface area contributed by atoms with Gasteiger partial charge < -0.3 is 14.7 Å². The van der Waals surface area contributed by atoms with Crippen molar-refractivity contribution in [2.75, 3.05) is 0 Å². The number of fused-ring (bicyclic) bond motifs is 1. The lowest BCUT2D eigenvalue weighted by atomic mass is 10.0. The highest BCUT2D eigenvalue weighted by Crippen LogP contribution is 2.31. The number of hydrogen-bond acceptors (Lipinski definition) is 4. The maximum atomic E-state index is 11.4. The number of halogens is 1. The van der Waals surface area contributed by atoms with E-state index in [0.717, 1.165) is 26.2 Å². The van der Waals surface area contributed by atoms with Crippen LogP contribution in [0.1, 0.15) is 11.5 Å². The zero-order valence-corrected chi connectivity index (χ0v) is 12.3. The molecule has 0 aliphatic rings. The van der Waals surface area contributed by atoms with Crippen LogP contribution in [0.15, 0.2) is 21.5 Å². The molecule has 0 unspecified atom stereocenters. The molecule has 98 valence electrons. The number of rotatable bonds is 1. The van der Waals surface area contributed by atoms with Crippen molar-refractivity contribution in [3.05, 3.63) is 37.6 Å². The maximum Gasteiger partial charge on any atom is 0.359 e. The van der Waals surface area contributed by atoms with Crippen molar-refractivity contribution in [1.82, 2.24) is 14.9 Å². The van der Waals surface area contributed by atoms with E-state index in [1.165, 1.54) is 0 Å². The van der Waals surface area contributed by atoms with Gasteiger partial charge in [-0.25, -0.2) is 4.79 Å². The van der Waals surface area contributed by atoms with Crippen molar-refractivity contribution >= 4 is 33.6 Å². The molecule has 1 aromatic carbocycles. The van der Waals surface area contributed by atoms with Crippen molar-refractivity contribution < 1.29 is 9.73 Å². The highest BCUT2D eigenvalue weighted by atomic mass is 127. The van der Waals surface area contributed by atoms with Gasteiger partial charge in [-0.15, -0.1) is 4.73 Å². The predicted octanol–water partition coefficient (Wildman–Crippen LogP) is 2.44. The first-order chi connectivity index (χ1) is 8.99. The van der Waals surface area contributed by atoms with Gasteiger partial charge in [0, 0.05) is 9.13 Å². The Bertz CT molecular complexity index is 824. The van der Waals surface area contributed by atoms with Crippen LogP contribution in [0.25, 0.3) is 22.2 Å². The molecule has 3 rings (SSSR count). The second-order valence-corrected chi connectivity index (χ2v) is 5.46. The molecular weight excluding hydrogens is 361 g/mol. The van der Waals surface area contributed by atoms with Gasteiger partial charge in [-0.05, 0) is 54.1 Å². The minimum atomic E-state index is -0.552. The standard InChI is InChI=1S/C12H10IN3O3/c1-5-10(6(2)19-15-5)7-3-8(13)11-9(4-7)14-12(17)16(11)18/h3-4,18H,1-2H3,(H,14,17). The molecule has 0 saturated carbocycles. The van der Waals surface area contributed by atoms with E-state index < -0.39 is 5.69 Å². The van der Waals surface area contributed by atoms with Crippen molar-refractivity contribution in [3.63, 3.8) is 0 Å². The molecule has 2 N–H and O–H groups in total. The molecule has 0 aliphatic heterocycles. The number of nitrogens with one attached hydrogen (secondary N) is 1. The fourth-order valence-corrected chi connectivity index (χ4v) is 3.07. The van der Waals surface area contributed by atoms with E-state index >= 15 is 0 Å². The van der Waals surface area contributed by atoms with E-state index in [1.54, 1.807) is 6.07 Å². The molecular formula is C12H10IN3O3. The second kappa shape index (κ2) is 4.12. The molecule has 19 heavy (non-hydrogen) atoms. The number of hydrogen-bond donors (Lipinski definition) is 2. The van der Waals surface area contributed by atoms with E-state index in [2.05, 4.69) is 32.7 Å². The first kappa shape index (κ1) is 12.3. The van der Waals surface area contributed by atoms with Crippen LogP contribution in [0.3, 0.4) is 0 Å². The molecule has 0 spiro atoms. The summed E-state index contributed by atoms with van der Waals surface area (Å²) in [6.45, 7) is 3.70. The Morgan fingerprint density at radius 3 is 2.79 bits per heavy atom. The number of benzene rings is 1. The summed E-state index contributed by atoms with van der Waals surface area (Å²) in [4.78, 5) is 14.1. The SMILES string of the molecule is Cc1noc(C)c1-c1cc(I)c2c(c1)[nH]c(=O)n2O. The lowest BCUT2D eigenvalue weighted by molar-refractivity contribution is 0.188. The minimum absolute atomic E-state index is 0.473. The van der Waals surface area contributed by atoms with Gasteiger partial charge in [0.05, 0.1) is 11.2 Å². The molecule has 0 atom stereocenters. The molecule has 2 aromatic heterocycles. The zero-order chi connectivity index (χ0) is 13.7. The number of nitrogens with zero attached hydrogens (tertiary/aromatic N) is 2. The lowest BCUT2D eigenvalue weighted by Crippen LogP contribution is -2.13. The van der Waals surface area contributed by atoms with Crippen LogP contribution in [-0.4, -0.2) is 20.1 Å². The van der Waals surface area contributed by atoms with Gasteiger partial charge in [0.25, 0.3) is 0 Å². The van der Waals surface area contributed by atoms with Crippen LogP contribution in [0.2, 0.25) is 0 Å². The summed E-state index contributed by atoms with van der Waals surface area (Å²) in [5.74, 6) is 0.721. The molecule has 0 saturated heterocycles. The molecule has 0 aliphatic carbocycles. The van der Waals surface area contributed by atoms with E-state index in [0.29, 0.717) is 15.8 Å². The van der Waals surface area contributed by atoms with Gasteiger partial charge >= 0.3 is 5.69 Å². The summed E-state index contributed by atoms with van der Waals surface area (Å²) < 4.78 is 6.54. The van der Waals surface area contributed by atoms with E-state index in [4.69, 9.17) is 4.52 Å². The third-order valence-corrected chi connectivity index (χ3v) is 3.85. The summed E-state index contributed by atoms with van der Waals surface area (Å²) in [7, 11) is 0. The molecule has 7 heteroatoms. The molecule has 0 bridgehead atoms. The Morgan fingerprint density at radius 1 is 1.42 bits per heavy atom. The number of imidazole rings is 1. The van der Waals surface area contributed by atoms with Gasteiger partial charge in [-0.3, -0.25) is 0 Å². The Hall–Kier alpha value is -1.77. The van der Waals surface area contributed by atoms with Crippen molar-refractivity contribution in [3.8, 4) is 11.1 Å². The number of H-pyrrole nitrogens is 1. The van der Waals surface area contributed by atoms with Crippen molar-refractivity contribution in [1.29, 1.82) is 0 Å². The van der Waals surface area contributed by atoms with Crippen molar-refractivity contribution in [2.24, 2.45) is 0 Å². The highest BCUT2D eigenvalue weighted by Gasteiger charge is 2.16. The minimum Gasteiger partial charge on any atom is -0.423 e. The van der Waals surface area contributed by atoms with Crippen molar-refractivity contribution in [2.45, 2.75) is 13.8 Å². The Balaban J connectivity index is 2.36. The van der Waals surface area contributed by atoms with Gasteiger partial charge in [-0.1, -0.05) is 5.16 Å². The van der Waals surface area contributed by atoms with Gasteiger partial charge in [0.1, 0.15) is 11.3 Å². The molecule has 3 aromatic rings. The topological polar surface area (TPSA) is 84.0 Å². The van der Waals surface area contributed by atoms with Crippen LogP contribution in [-0.2, 0) is 0 Å². The van der Waals surface area contributed by atoms with E-state index in [-0.39, 0.29) is 0 Å². The summed E-state index contributed by atoms with van der Waals surface area (Å²) in [5.41, 5.74) is 3.10. The average molecular weight is 371 g/mol. The van der Waals surface area contributed by atoms with Crippen LogP contribution in [0.5, 0.6) is 0 Å². The Labute approximate surface area is 121 Å². The molecule has 0 amide bonds. The van der Waals surface area contributed by atoms with E-state index in [9.17, 15) is 10.0 Å². The van der Waals surface area contributed by atoms with Gasteiger partial charge in [-0.2, -0.15) is 0 Å². The highest BCUT2D eigenvalue weighted by molar-refractivity contribution is 14.1. The summed E-state index contributed by atoms with van der Waals surface area (Å²) in [5, 5.41) is 13.6. The lowest BCUT2D eigenvalue weighted by Gasteiger charge is -2.03. The molecule has 0 radical (unpaired) electrons. The van der Waals surface area contributed by atoms with Gasteiger partial charge in [0.2, 0.25) is 0 Å². The van der Waals surface area contributed by atoms with Crippen LogP contribution >= 0.6 is 22.6 Å². The molecule has 0 fully saturated rings. The first-order valence-electron chi connectivity index (χ1n) is 5.56. The third kappa shape index (κ3) is 1.76. The number of aromatic amines is 1. The van der Waals surface area contributed by atoms with Gasteiger partial charge in [0.15, 0.2) is 0 Å². The Kier molecular flexibility index (Phi) is 2.66.